The van der Waals surface area contributed by atoms with Crippen molar-refractivity contribution in [3.8, 4) is 6.07 Å². The highest BCUT2D eigenvalue weighted by Crippen LogP contribution is 2.23. The number of esters is 1. The minimum absolute atomic E-state index is 0.0269. The summed E-state index contributed by atoms with van der Waals surface area (Å²) >= 11 is 6.06. The molecule has 1 amide bonds. The van der Waals surface area contributed by atoms with E-state index in [4.69, 9.17) is 16.3 Å². The van der Waals surface area contributed by atoms with Crippen LogP contribution in [0.5, 0.6) is 0 Å². The van der Waals surface area contributed by atoms with Gasteiger partial charge in [0.1, 0.15) is 17.6 Å². The van der Waals surface area contributed by atoms with Crippen molar-refractivity contribution in [1.82, 2.24) is 24.9 Å². The number of halogens is 1. The summed E-state index contributed by atoms with van der Waals surface area (Å²) in [6.45, 7) is 5.45. The number of aromatic nitrogens is 4. The molecule has 0 aliphatic carbocycles. The summed E-state index contributed by atoms with van der Waals surface area (Å²) < 4.78 is 6.26. The molecule has 3 aromatic heterocycles. The average molecular weight is 442 g/mol. The van der Waals surface area contributed by atoms with Crippen LogP contribution in [0.2, 0.25) is 5.15 Å². The molecule has 0 aromatic carbocycles. The number of hydrogen-bond donors (Lipinski definition) is 2. The second kappa shape index (κ2) is 8.97. The van der Waals surface area contributed by atoms with Gasteiger partial charge in [0.15, 0.2) is 16.5 Å². The third kappa shape index (κ3) is 5.26. The third-order valence-corrected chi connectivity index (χ3v) is 4.33. The number of carbonyl (C=O) groups is 2. The number of nitrogens with one attached hydrogen (secondary N) is 2. The maximum atomic E-state index is 12.7. The molecular formula is C20H20ClN7O3. The number of pyridine rings is 1. The lowest BCUT2D eigenvalue weighted by atomic mass is 10.0. The molecule has 0 radical (unpaired) electrons. The number of imidazole rings is 1. The molecule has 11 heteroatoms. The summed E-state index contributed by atoms with van der Waals surface area (Å²) in [4.78, 5) is 32.9. The summed E-state index contributed by atoms with van der Waals surface area (Å²) in [6.07, 6.45) is 1.41. The fraction of sp³-hybridized carbons (Fsp3) is 0.300. The third-order valence-electron chi connectivity index (χ3n) is 4.14. The SMILES string of the molecule is CCOC(=O)CC(C)(C)NC(=O)c1cccc(Nc2cc(Cl)nn3c(C#N)cnc23)n1. The largest absolute Gasteiger partial charge is 0.466 e. The van der Waals surface area contributed by atoms with Crippen LogP contribution in [-0.4, -0.2) is 43.6 Å². The van der Waals surface area contributed by atoms with Crippen LogP contribution < -0.4 is 10.6 Å². The quantitative estimate of drug-likeness (QED) is 0.534. The van der Waals surface area contributed by atoms with Crippen molar-refractivity contribution in [2.24, 2.45) is 0 Å². The molecule has 0 atom stereocenters. The van der Waals surface area contributed by atoms with Gasteiger partial charge in [-0.15, -0.1) is 0 Å². The van der Waals surface area contributed by atoms with E-state index in [2.05, 4.69) is 25.7 Å². The Bertz CT molecular complexity index is 1180. The number of amides is 1. The average Bonchev–Trinajstić information content (AvgIpc) is 3.10. The van der Waals surface area contributed by atoms with Crippen LogP contribution in [0.15, 0.2) is 30.5 Å². The van der Waals surface area contributed by atoms with Gasteiger partial charge in [-0.05, 0) is 32.9 Å². The van der Waals surface area contributed by atoms with Crippen molar-refractivity contribution in [1.29, 1.82) is 5.26 Å². The maximum Gasteiger partial charge on any atom is 0.308 e. The number of nitrogens with zero attached hydrogens (tertiary/aromatic N) is 5. The molecular weight excluding hydrogens is 422 g/mol. The van der Waals surface area contributed by atoms with Crippen LogP contribution in [0.3, 0.4) is 0 Å². The van der Waals surface area contributed by atoms with Gasteiger partial charge in [0.2, 0.25) is 0 Å². The van der Waals surface area contributed by atoms with Crippen molar-refractivity contribution in [2.75, 3.05) is 11.9 Å². The number of rotatable bonds is 7. The van der Waals surface area contributed by atoms with E-state index in [9.17, 15) is 14.9 Å². The van der Waals surface area contributed by atoms with Crippen LogP contribution in [0.1, 0.15) is 43.4 Å². The predicted molar refractivity (Wildman–Crippen MR) is 113 cm³/mol. The molecule has 0 unspecified atom stereocenters. The fourth-order valence-electron chi connectivity index (χ4n) is 2.86. The summed E-state index contributed by atoms with van der Waals surface area (Å²) in [5, 5.41) is 19.2. The van der Waals surface area contributed by atoms with Gasteiger partial charge in [-0.25, -0.2) is 9.97 Å². The zero-order chi connectivity index (χ0) is 22.6. The highest BCUT2D eigenvalue weighted by molar-refractivity contribution is 6.29. The number of anilines is 2. The lowest BCUT2D eigenvalue weighted by Gasteiger charge is -2.25. The molecule has 3 aromatic rings. The summed E-state index contributed by atoms with van der Waals surface area (Å²) in [7, 11) is 0. The van der Waals surface area contributed by atoms with Gasteiger partial charge in [-0.3, -0.25) is 9.59 Å². The zero-order valence-electron chi connectivity index (χ0n) is 17.1. The minimum Gasteiger partial charge on any atom is -0.466 e. The standard InChI is InChI=1S/C20H20ClN7O3/c1-4-31-17(29)9-20(2,3)26-19(30)13-6-5-7-16(24-13)25-14-8-15(21)27-28-12(10-22)11-23-18(14)28/h5-8,11H,4,9H2,1-3H3,(H,24,25)(H,26,30). The molecule has 0 bridgehead atoms. The van der Waals surface area contributed by atoms with Crippen molar-refractivity contribution in [3.63, 3.8) is 0 Å². The molecule has 0 fully saturated rings. The van der Waals surface area contributed by atoms with Gasteiger partial charge < -0.3 is 15.4 Å². The predicted octanol–water partition coefficient (Wildman–Crippen LogP) is 2.85. The van der Waals surface area contributed by atoms with E-state index in [0.29, 0.717) is 17.2 Å². The van der Waals surface area contributed by atoms with Gasteiger partial charge in [-0.1, -0.05) is 17.7 Å². The first-order valence-corrected chi connectivity index (χ1v) is 9.77. The number of hydrogen-bond acceptors (Lipinski definition) is 8. The Kier molecular flexibility index (Phi) is 6.36. The van der Waals surface area contributed by atoms with Crippen molar-refractivity contribution in [3.05, 3.63) is 47.0 Å². The Labute approximate surface area is 183 Å². The van der Waals surface area contributed by atoms with Crippen molar-refractivity contribution in [2.45, 2.75) is 32.7 Å². The zero-order valence-corrected chi connectivity index (χ0v) is 17.9. The molecule has 160 valence electrons. The molecule has 10 nitrogen and oxygen atoms in total. The molecule has 2 N–H and O–H groups in total. The second-order valence-electron chi connectivity index (χ2n) is 7.22. The molecule has 0 spiro atoms. The molecule has 0 aliphatic heterocycles. The first-order chi connectivity index (χ1) is 14.7. The Morgan fingerprint density at radius 3 is 2.84 bits per heavy atom. The van der Waals surface area contributed by atoms with Crippen molar-refractivity contribution >= 4 is 40.6 Å². The van der Waals surface area contributed by atoms with E-state index in [1.807, 2.05) is 6.07 Å². The lowest BCUT2D eigenvalue weighted by Crippen LogP contribution is -2.45. The molecule has 31 heavy (non-hydrogen) atoms. The highest BCUT2D eigenvalue weighted by atomic mass is 35.5. The molecule has 0 saturated heterocycles. The molecule has 3 heterocycles. The molecule has 3 rings (SSSR count). The van der Waals surface area contributed by atoms with Gasteiger partial charge >= 0.3 is 5.97 Å². The fourth-order valence-corrected chi connectivity index (χ4v) is 3.05. The van der Waals surface area contributed by atoms with Crippen LogP contribution in [-0.2, 0) is 9.53 Å². The maximum absolute atomic E-state index is 12.7. The Hall–Kier alpha value is -3.71. The van der Waals surface area contributed by atoms with Crippen molar-refractivity contribution < 1.29 is 14.3 Å². The number of nitriles is 1. The molecule has 0 saturated carbocycles. The Balaban J connectivity index is 1.80. The van der Waals surface area contributed by atoms with Gasteiger partial charge in [0, 0.05) is 11.6 Å². The number of ether oxygens (including phenoxy) is 1. The number of carbonyl (C=O) groups excluding carboxylic acids is 2. The van der Waals surface area contributed by atoms with Gasteiger partial charge in [0.25, 0.3) is 5.91 Å². The second-order valence-corrected chi connectivity index (χ2v) is 7.61. The summed E-state index contributed by atoms with van der Waals surface area (Å²) in [5.41, 5.74) is 0.412. The van der Waals surface area contributed by atoms with Gasteiger partial charge in [0.05, 0.1) is 24.9 Å². The van der Waals surface area contributed by atoms with E-state index in [-0.39, 0.29) is 29.6 Å². The normalized spacial score (nSPS) is 11.1. The molecule has 0 aliphatic rings. The summed E-state index contributed by atoms with van der Waals surface area (Å²) in [5.74, 6) is -0.476. The van der Waals surface area contributed by atoms with Crippen LogP contribution in [0.25, 0.3) is 5.65 Å². The Morgan fingerprint density at radius 2 is 2.13 bits per heavy atom. The van der Waals surface area contributed by atoms with E-state index in [0.717, 1.165) is 0 Å². The van der Waals surface area contributed by atoms with E-state index in [1.54, 1.807) is 45.0 Å². The van der Waals surface area contributed by atoms with Crippen LogP contribution >= 0.6 is 11.6 Å². The lowest BCUT2D eigenvalue weighted by molar-refractivity contribution is -0.144. The number of fused-ring (bicyclic) bond motifs is 1. The minimum atomic E-state index is -0.817. The highest BCUT2D eigenvalue weighted by Gasteiger charge is 2.26. The Morgan fingerprint density at radius 1 is 1.35 bits per heavy atom. The van der Waals surface area contributed by atoms with E-state index < -0.39 is 17.4 Å². The smallest absolute Gasteiger partial charge is 0.308 e. The summed E-state index contributed by atoms with van der Waals surface area (Å²) in [6, 6.07) is 8.41. The van der Waals surface area contributed by atoms with Crippen LogP contribution in [0, 0.1) is 11.3 Å². The van der Waals surface area contributed by atoms with Gasteiger partial charge in [-0.2, -0.15) is 14.9 Å². The van der Waals surface area contributed by atoms with E-state index >= 15 is 0 Å². The monoisotopic (exact) mass is 441 g/mol. The first-order valence-electron chi connectivity index (χ1n) is 9.39. The van der Waals surface area contributed by atoms with E-state index in [1.165, 1.54) is 10.7 Å². The first kappa shape index (κ1) is 22.0. The van der Waals surface area contributed by atoms with Crippen LogP contribution in [0.4, 0.5) is 11.5 Å². The topological polar surface area (TPSA) is 134 Å².